The Morgan fingerprint density at radius 3 is 0.982 bits per heavy atom. The molecule has 5 heteroatoms. The van der Waals surface area contributed by atoms with E-state index in [0.717, 1.165) is 55.6 Å². The number of nitrogen functional groups attached to an aromatic ring is 1. The van der Waals surface area contributed by atoms with Gasteiger partial charge in [-0.25, -0.2) is 0 Å². The lowest BCUT2D eigenvalue weighted by Gasteiger charge is -2.36. The Kier molecular flexibility index (Phi) is 8.73. The molecule has 2 aromatic heterocycles. The first kappa shape index (κ1) is 33.6. The topological polar surface area (TPSA) is 61.7 Å². The van der Waals surface area contributed by atoms with Crippen LogP contribution in [0.4, 0.5) is 5.69 Å². The molecule has 0 unspecified atom stereocenters. The minimum atomic E-state index is -0.714. The van der Waals surface area contributed by atoms with Gasteiger partial charge in [-0.2, -0.15) is 10.2 Å². The highest BCUT2D eigenvalue weighted by atomic mass is 15.3. The molecule has 2 N–H and O–H groups in total. The molecule has 0 saturated carbocycles. The summed E-state index contributed by atoms with van der Waals surface area (Å²) in [6.07, 6.45) is 8.10. The fourth-order valence-electron chi connectivity index (χ4n) is 8.18. The number of rotatable bonds is 10. The summed E-state index contributed by atoms with van der Waals surface area (Å²) in [5.74, 6) is 0. The molecule has 0 spiro atoms. The van der Waals surface area contributed by atoms with E-state index < -0.39 is 11.1 Å². The largest absolute Gasteiger partial charge is 0.398 e. The predicted molar refractivity (Wildman–Crippen MR) is 223 cm³/mol. The lowest BCUT2D eigenvalue weighted by Crippen LogP contribution is -2.38. The molecule has 7 aromatic carbocycles. The van der Waals surface area contributed by atoms with Gasteiger partial charge in [-0.3, -0.25) is 9.36 Å². The SMILES string of the molecule is Nc1cc(-c2cnn(C(c3ccccc3)(c3ccccc3)c3ccccc3)c2)ccc1-c1cnn(C(c2ccccc2)(c2ccccc2)c2ccccc2)c1. The minimum Gasteiger partial charge on any atom is -0.398 e. The fourth-order valence-corrected chi connectivity index (χ4v) is 8.18. The van der Waals surface area contributed by atoms with E-state index in [9.17, 15) is 0 Å². The van der Waals surface area contributed by atoms with E-state index in [4.69, 9.17) is 15.9 Å². The van der Waals surface area contributed by atoms with Crippen molar-refractivity contribution < 1.29 is 0 Å². The van der Waals surface area contributed by atoms with Gasteiger partial charge in [0.2, 0.25) is 0 Å². The Morgan fingerprint density at radius 2 is 0.655 bits per heavy atom. The summed E-state index contributed by atoms with van der Waals surface area (Å²) in [6, 6.07) is 69.7. The van der Waals surface area contributed by atoms with Gasteiger partial charge in [0.05, 0.1) is 12.4 Å². The predicted octanol–water partition coefficient (Wildman–Crippen LogP) is 10.7. The molecule has 0 radical (unpaired) electrons. The Balaban J connectivity index is 1.14. The van der Waals surface area contributed by atoms with Gasteiger partial charge in [0.15, 0.2) is 0 Å². The van der Waals surface area contributed by atoms with Crippen LogP contribution in [0.3, 0.4) is 0 Å². The second-order valence-corrected chi connectivity index (χ2v) is 13.8. The zero-order valence-electron chi connectivity index (χ0n) is 30.2. The highest BCUT2D eigenvalue weighted by molar-refractivity contribution is 5.81. The average Bonchev–Trinajstić information content (AvgIpc) is 3.96. The minimum absolute atomic E-state index is 0.662. The van der Waals surface area contributed by atoms with Crippen molar-refractivity contribution >= 4 is 5.69 Å². The standard InChI is InChI=1S/C50H39N5/c51-48-33-38(39-34-52-54(36-39)49(41-19-7-1-8-20-41,42-21-9-2-10-22-42)43-23-11-3-12-24-43)31-32-47(48)40-35-53-55(37-40)50(44-25-13-4-14-26-44,45-27-15-5-16-28-45)46-29-17-6-18-30-46/h1-37H,51H2. The maximum absolute atomic E-state index is 6.94. The Hall–Kier alpha value is -7.24. The summed E-state index contributed by atoms with van der Waals surface area (Å²) in [4.78, 5) is 0. The van der Waals surface area contributed by atoms with Crippen molar-refractivity contribution in [3.63, 3.8) is 0 Å². The third-order valence-electron chi connectivity index (χ3n) is 10.7. The van der Waals surface area contributed by atoms with E-state index >= 15 is 0 Å². The molecule has 264 valence electrons. The van der Waals surface area contributed by atoms with Crippen LogP contribution >= 0.6 is 0 Å². The lowest BCUT2D eigenvalue weighted by molar-refractivity contribution is 0.460. The quantitative estimate of drug-likeness (QED) is 0.114. The molecule has 9 rings (SSSR count). The third kappa shape index (κ3) is 5.74. The summed E-state index contributed by atoms with van der Waals surface area (Å²) in [7, 11) is 0. The number of nitrogens with two attached hydrogens (primary N) is 1. The number of anilines is 1. The summed E-state index contributed by atoms with van der Waals surface area (Å²) < 4.78 is 4.17. The van der Waals surface area contributed by atoms with Crippen molar-refractivity contribution in [2.24, 2.45) is 0 Å². The molecule has 0 atom stereocenters. The zero-order valence-corrected chi connectivity index (χ0v) is 30.2. The van der Waals surface area contributed by atoms with Crippen molar-refractivity contribution in [2.45, 2.75) is 11.1 Å². The number of nitrogens with zero attached hydrogens (tertiary/aromatic N) is 4. The molecule has 0 bridgehead atoms. The van der Waals surface area contributed by atoms with Crippen LogP contribution in [-0.4, -0.2) is 19.6 Å². The average molecular weight is 710 g/mol. The number of hydrogen-bond donors (Lipinski definition) is 1. The molecule has 9 aromatic rings. The molecule has 2 heterocycles. The van der Waals surface area contributed by atoms with Crippen molar-refractivity contribution in [1.29, 1.82) is 0 Å². The highest BCUT2D eigenvalue weighted by Gasteiger charge is 2.40. The molecule has 0 saturated heterocycles. The maximum atomic E-state index is 6.94. The van der Waals surface area contributed by atoms with Gasteiger partial charge in [0.25, 0.3) is 0 Å². The molecule has 55 heavy (non-hydrogen) atoms. The smallest absolute Gasteiger partial charge is 0.138 e. The molecular formula is C50H39N5. The monoisotopic (exact) mass is 709 g/mol. The Morgan fingerprint density at radius 1 is 0.345 bits per heavy atom. The van der Waals surface area contributed by atoms with Crippen molar-refractivity contribution in [2.75, 3.05) is 5.73 Å². The first-order valence-corrected chi connectivity index (χ1v) is 18.5. The second-order valence-electron chi connectivity index (χ2n) is 13.8. The summed E-state index contributed by atoms with van der Waals surface area (Å²) >= 11 is 0. The summed E-state index contributed by atoms with van der Waals surface area (Å²) in [5.41, 5.74) is 16.7. The number of aromatic nitrogens is 4. The highest BCUT2D eigenvalue weighted by Crippen LogP contribution is 2.43. The van der Waals surface area contributed by atoms with Gasteiger partial charge in [-0.15, -0.1) is 0 Å². The third-order valence-corrected chi connectivity index (χ3v) is 10.7. The Labute approximate surface area is 321 Å². The van der Waals surface area contributed by atoms with Crippen LogP contribution in [0.15, 0.2) is 225 Å². The first-order chi connectivity index (χ1) is 27.2. The number of hydrogen-bond acceptors (Lipinski definition) is 3. The van der Waals surface area contributed by atoms with Gasteiger partial charge in [0, 0.05) is 34.8 Å². The molecule has 5 nitrogen and oxygen atoms in total. The lowest BCUT2D eigenvalue weighted by atomic mass is 9.77. The molecule has 0 amide bonds. The summed E-state index contributed by atoms with van der Waals surface area (Å²) in [6.45, 7) is 0. The van der Waals surface area contributed by atoms with Gasteiger partial charge < -0.3 is 5.73 Å². The molecule has 0 fully saturated rings. The van der Waals surface area contributed by atoms with E-state index in [0.29, 0.717) is 5.69 Å². The number of benzene rings is 7. The van der Waals surface area contributed by atoms with E-state index in [1.54, 1.807) is 0 Å². The van der Waals surface area contributed by atoms with E-state index in [-0.39, 0.29) is 0 Å². The van der Waals surface area contributed by atoms with E-state index in [1.165, 1.54) is 0 Å². The van der Waals surface area contributed by atoms with Gasteiger partial charge in [-0.05, 0) is 45.0 Å². The van der Waals surface area contributed by atoms with Gasteiger partial charge in [0.1, 0.15) is 11.1 Å². The van der Waals surface area contributed by atoms with Crippen molar-refractivity contribution in [1.82, 2.24) is 19.6 Å². The normalized spacial score (nSPS) is 11.7. The molecule has 0 aliphatic rings. The maximum Gasteiger partial charge on any atom is 0.138 e. The molecule has 0 aliphatic carbocycles. The molecular weight excluding hydrogens is 671 g/mol. The second kappa shape index (κ2) is 14.3. The first-order valence-electron chi connectivity index (χ1n) is 18.5. The van der Waals surface area contributed by atoms with Crippen LogP contribution in [-0.2, 0) is 11.1 Å². The van der Waals surface area contributed by atoms with E-state index in [2.05, 4.69) is 216 Å². The fraction of sp³-hybridized carbons (Fsp3) is 0.0400. The van der Waals surface area contributed by atoms with Crippen molar-refractivity contribution in [3.8, 4) is 22.3 Å². The van der Waals surface area contributed by atoms with Crippen molar-refractivity contribution in [3.05, 3.63) is 258 Å². The van der Waals surface area contributed by atoms with Crippen LogP contribution in [0, 0.1) is 0 Å². The van der Waals surface area contributed by atoms with Crippen LogP contribution in [0.1, 0.15) is 33.4 Å². The summed E-state index contributed by atoms with van der Waals surface area (Å²) in [5, 5.41) is 10.2. The van der Waals surface area contributed by atoms with Gasteiger partial charge in [-0.1, -0.05) is 194 Å². The van der Waals surface area contributed by atoms with Crippen LogP contribution < -0.4 is 5.73 Å². The van der Waals surface area contributed by atoms with Crippen LogP contribution in [0.5, 0.6) is 0 Å². The van der Waals surface area contributed by atoms with E-state index in [1.807, 2.05) is 18.5 Å². The molecule has 0 aliphatic heterocycles. The van der Waals surface area contributed by atoms with Crippen LogP contribution in [0.25, 0.3) is 22.3 Å². The van der Waals surface area contributed by atoms with Gasteiger partial charge >= 0.3 is 0 Å². The van der Waals surface area contributed by atoms with Crippen LogP contribution in [0.2, 0.25) is 0 Å². The zero-order chi connectivity index (χ0) is 37.1. The Bertz CT molecular complexity index is 2440.